The van der Waals surface area contributed by atoms with E-state index in [1.807, 2.05) is 68.4 Å². The highest BCUT2D eigenvalue weighted by Gasteiger charge is 2.19. The molecule has 0 saturated carbocycles. The summed E-state index contributed by atoms with van der Waals surface area (Å²) in [6.45, 7) is 6.87. The molecule has 0 bridgehead atoms. The van der Waals surface area contributed by atoms with Gasteiger partial charge in [0.15, 0.2) is 6.10 Å². The van der Waals surface area contributed by atoms with Gasteiger partial charge in [-0.2, -0.15) is 0 Å². The molecule has 1 N–H and O–H groups in total. The molecule has 0 aliphatic rings. The van der Waals surface area contributed by atoms with Gasteiger partial charge in [-0.05, 0) is 43.4 Å². The van der Waals surface area contributed by atoms with E-state index >= 15 is 0 Å². The molecular formula is C24H27NO3. The van der Waals surface area contributed by atoms with Crippen LogP contribution in [0.15, 0.2) is 60.7 Å². The van der Waals surface area contributed by atoms with Gasteiger partial charge in [-0.1, -0.05) is 61.0 Å². The van der Waals surface area contributed by atoms with E-state index in [2.05, 4.69) is 18.3 Å². The number of amides is 1. The van der Waals surface area contributed by atoms with Crippen molar-refractivity contribution in [3.8, 4) is 11.5 Å². The van der Waals surface area contributed by atoms with Gasteiger partial charge in [0, 0.05) is 5.39 Å². The van der Waals surface area contributed by atoms with E-state index in [0.29, 0.717) is 19.6 Å². The Morgan fingerprint density at radius 2 is 1.79 bits per heavy atom. The quantitative estimate of drug-likeness (QED) is 0.573. The molecule has 28 heavy (non-hydrogen) atoms. The van der Waals surface area contributed by atoms with Gasteiger partial charge in [-0.3, -0.25) is 4.79 Å². The lowest BCUT2D eigenvalue weighted by atomic mass is 10.1. The molecule has 4 nitrogen and oxygen atoms in total. The summed E-state index contributed by atoms with van der Waals surface area (Å²) in [5.74, 6) is 1.45. The van der Waals surface area contributed by atoms with Crippen LogP contribution in [0.3, 0.4) is 0 Å². The average Bonchev–Trinajstić information content (AvgIpc) is 2.70. The zero-order valence-electron chi connectivity index (χ0n) is 16.7. The molecule has 0 spiro atoms. The van der Waals surface area contributed by atoms with E-state index in [0.717, 1.165) is 27.8 Å². The van der Waals surface area contributed by atoms with Crippen molar-refractivity contribution in [3.05, 3.63) is 71.8 Å². The second kappa shape index (κ2) is 9.27. The third kappa shape index (κ3) is 4.83. The first-order valence-electron chi connectivity index (χ1n) is 9.70. The zero-order chi connectivity index (χ0) is 19.9. The fourth-order valence-corrected chi connectivity index (χ4v) is 3.18. The van der Waals surface area contributed by atoms with Crippen molar-refractivity contribution in [2.75, 3.05) is 13.2 Å². The molecule has 0 fully saturated rings. The number of hydrogen-bond donors (Lipinski definition) is 1. The number of hydrogen-bond acceptors (Lipinski definition) is 3. The first-order valence-corrected chi connectivity index (χ1v) is 9.70. The molecule has 3 aromatic carbocycles. The van der Waals surface area contributed by atoms with Gasteiger partial charge < -0.3 is 14.8 Å². The van der Waals surface area contributed by atoms with Crippen LogP contribution in [0.4, 0.5) is 0 Å². The van der Waals surface area contributed by atoms with Crippen molar-refractivity contribution in [1.29, 1.82) is 0 Å². The molecule has 146 valence electrons. The first kappa shape index (κ1) is 19.7. The van der Waals surface area contributed by atoms with E-state index in [-0.39, 0.29) is 5.91 Å². The van der Waals surface area contributed by atoms with Gasteiger partial charge in [-0.25, -0.2) is 0 Å². The number of ether oxygens (including phenoxy) is 2. The lowest BCUT2D eigenvalue weighted by Crippen LogP contribution is -2.39. The first-order chi connectivity index (χ1) is 13.6. The molecular weight excluding hydrogens is 350 g/mol. The van der Waals surface area contributed by atoms with Crippen molar-refractivity contribution < 1.29 is 14.3 Å². The lowest BCUT2D eigenvalue weighted by Gasteiger charge is -2.19. The smallest absolute Gasteiger partial charge is 0.261 e. The zero-order valence-corrected chi connectivity index (χ0v) is 16.7. The highest BCUT2D eigenvalue weighted by atomic mass is 16.5. The highest BCUT2D eigenvalue weighted by molar-refractivity contribution is 5.89. The Balaban J connectivity index is 1.55. The Morgan fingerprint density at radius 3 is 2.57 bits per heavy atom. The van der Waals surface area contributed by atoms with E-state index < -0.39 is 6.10 Å². The van der Waals surface area contributed by atoms with Crippen LogP contribution in [-0.2, 0) is 4.79 Å². The molecule has 4 heteroatoms. The average molecular weight is 377 g/mol. The Hall–Kier alpha value is -3.01. The summed E-state index contributed by atoms with van der Waals surface area (Å²) in [5, 5.41) is 5.02. The summed E-state index contributed by atoms with van der Waals surface area (Å²) in [6, 6.07) is 20.0. The van der Waals surface area contributed by atoms with Crippen LogP contribution in [0.1, 0.15) is 24.5 Å². The molecule has 0 radical (unpaired) electrons. The van der Waals surface area contributed by atoms with Crippen LogP contribution >= 0.6 is 0 Å². The number of aryl methyl sites for hydroxylation is 2. The second-order valence-corrected chi connectivity index (χ2v) is 6.90. The monoisotopic (exact) mass is 377 g/mol. The maximum absolute atomic E-state index is 12.5. The summed E-state index contributed by atoms with van der Waals surface area (Å²) in [4.78, 5) is 12.5. The maximum Gasteiger partial charge on any atom is 0.261 e. The van der Waals surface area contributed by atoms with Gasteiger partial charge >= 0.3 is 0 Å². The summed E-state index contributed by atoms with van der Waals surface area (Å²) < 4.78 is 11.8. The van der Waals surface area contributed by atoms with Gasteiger partial charge in [0.2, 0.25) is 0 Å². The van der Waals surface area contributed by atoms with Crippen molar-refractivity contribution in [1.82, 2.24) is 5.32 Å². The number of fused-ring (bicyclic) bond motifs is 1. The van der Waals surface area contributed by atoms with E-state index in [1.54, 1.807) is 0 Å². The number of rotatable bonds is 8. The molecule has 3 rings (SSSR count). The third-order valence-corrected chi connectivity index (χ3v) is 4.67. The summed E-state index contributed by atoms with van der Waals surface area (Å²) in [7, 11) is 0. The molecule has 1 amide bonds. The molecule has 1 atom stereocenters. The molecule has 1 unspecified atom stereocenters. The Labute approximate surface area is 166 Å². The molecule has 0 heterocycles. The number of carbonyl (C=O) groups is 1. The van der Waals surface area contributed by atoms with E-state index in [4.69, 9.17) is 9.47 Å². The Kier molecular flexibility index (Phi) is 6.53. The van der Waals surface area contributed by atoms with Gasteiger partial charge in [0.1, 0.15) is 18.1 Å². The maximum atomic E-state index is 12.5. The third-order valence-electron chi connectivity index (χ3n) is 4.67. The van der Waals surface area contributed by atoms with Gasteiger partial charge in [0.25, 0.3) is 5.91 Å². The SMILES string of the molecule is CCC(Oc1cccc2ccccc12)C(=O)NCCOc1ccc(C)cc1C. The Morgan fingerprint density at radius 1 is 1.00 bits per heavy atom. The fourth-order valence-electron chi connectivity index (χ4n) is 3.18. The van der Waals surface area contributed by atoms with Crippen molar-refractivity contribution in [2.45, 2.75) is 33.3 Å². The minimum atomic E-state index is -0.535. The number of benzene rings is 3. The van der Waals surface area contributed by atoms with Crippen LogP contribution in [0.5, 0.6) is 11.5 Å². The normalized spacial score (nSPS) is 11.8. The summed E-state index contributed by atoms with van der Waals surface area (Å²) in [6.07, 6.45) is 0.0550. The van der Waals surface area contributed by atoms with Crippen LogP contribution in [-0.4, -0.2) is 25.2 Å². The summed E-state index contributed by atoms with van der Waals surface area (Å²) >= 11 is 0. The predicted molar refractivity (Wildman–Crippen MR) is 113 cm³/mol. The topological polar surface area (TPSA) is 47.6 Å². The van der Waals surface area contributed by atoms with Gasteiger partial charge in [-0.15, -0.1) is 0 Å². The van der Waals surface area contributed by atoms with Crippen LogP contribution in [0, 0.1) is 13.8 Å². The second-order valence-electron chi connectivity index (χ2n) is 6.90. The molecule has 0 aliphatic carbocycles. The largest absolute Gasteiger partial charge is 0.491 e. The lowest BCUT2D eigenvalue weighted by molar-refractivity contribution is -0.128. The molecule has 3 aromatic rings. The van der Waals surface area contributed by atoms with Gasteiger partial charge in [0.05, 0.1) is 6.54 Å². The number of nitrogens with one attached hydrogen (secondary N) is 1. The van der Waals surface area contributed by atoms with Crippen molar-refractivity contribution in [3.63, 3.8) is 0 Å². The van der Waals surface area contributed by atoms with E-state index in [1.165, 1.54) is 5.56 Å². The summed E-state index contributed by atoms with van der Waals surface area (Å²) in [5.41, 5.74) is 2.30. The Bertz CT molecular complexity index is 946. The molecule has 0 aromatic heterocycles. The van der Waals surface area contributed by atoms with Crippen LogP contribution in [0.2, 0.25) is 0 Å². The highest BCUT2D eigenvalue weighted by Crippen LogP contribution is 2.26. The minimum Gasteiger partial charge on any atom is -0.491 e. The fraction of sp³-hybridized carbons (Fsp3) is 0.292. The van der Waals surface area contributed by atoms with Crippen molar-refractivity contribution >= 4 is 16.7 Å². The standard InChI is InChI=1S/C24H27NO3/c1-4-21(28-23-11-7-9-19-8-5-6-10-20(19)23)24(26)25-14-15-27-22-13-12-17(2)16-18(22)3/h5-13,16,21H,4,14-15H2,1-3H3,(H,25,26). The molecule has 0 saturated heterocycles. The van der Waals surface area contributed by atoms with Crippen molar-refractivity contribution in [2.24, 2.45) is 0 Å². The number of carbonyl (C=O) groups excluding carboxylic acids is 1. The van der Waals surface area contributed by atoms with E-state index in [9.17, 15) is 4.79 Å². The van der Waals surface area contributed by atoms with Crippen LogP contribution < -0.4 is 14.8 Å². The molecule has 0 aliphatic heterocycles. The minimum absolute atomic E-state index is 0.125. The van der Waals surface area contributed by atoms with Crippen LogP contribution in [0.25, 0.3) is 10.8 Å². The predicted octanol–water partition coefficient (Wildman–Crippen LogP) is 4.81.